The maximum Gasteiger partial charge on any atom is 0.387 e. The van der Waals surface area contributed by atoms with Crippen LogP contribution in [0.4, 0.5) is 8.78 Å². The fourth-order valence-electron chi connectivity index (χ4n) is 3.59. The maximum atomic E-state index is 12.6. The highest BCUT2D eigenvalue weighted by Crippen LogP contribution is 2.34. The highest BCUT2D eigenvalue weighted by atomic mass is 19.3. The molecule has 5 heteroatoms. The quantitative estimate of drug-likeness (QED) is 0.655. The van der Waals surface area contributed by atoms with E-state index in [4.69, 9.17) is 4.74 Å². The highest BCUT2D eigenvalue weighted by Gasteiger charge is 2.24. The molecule has 4 rings (SSSR count). The van der Waals surface area contributed by atoms with Crippen molar-refractivity contribution >= 4 is 5.78 Å². The van der Waals surface area contributed by atoms with Crippen LogP contribution < -0.4 is 9.47 Å². The van der Waals surface area contributed by atoms with E-state index in [1.54, 1.807) is 18.2 Å². The summed E-state index contributed by atoms with van der Waals surface area (Å²) >= 11 is 0. The molecule has 0 bridgehead atoms. The first kappa shape index (κ1) is 18.0. The Morgan fingerprint density at radius 2 is 1.89 bits per heavy atom. The number of benzene rings is 2. The third kappa shape index (κ3) is 4.29. The van der Waals surface area contributed by atoms with Crippen molar-refractivity contribution in [2.45, 2.75) is 45.1 Å². The van der Waals surface area contributed by atoms with Gasteiger partial charge in [0.2, 0.25) is 0 Å². The van der Waals surface area contributed by atoms with E-state index in [-0.39, 0.29) is 11.5 Å². The van der Waals surface area contributed by atoms with Crippen molar-refractivity contribution in [3.63, 3.8) is 0 Å². The molecule has 2 aliphatic carbocycles. The van der Waals surface area contributed by atoms with Gasteiger partial charge in [-0.1, -0.05) is 24.3 Å². The molecule has 1 fully saturated rings. The molecule has 0 aromatic heterocycles. The zero-order valence-corrected chi connectivity index (χ0v) is 15.0. The average molecular weight is 372 g/mol. The van der Waals surface area contributed by atoms with Gasteiger partial charge in [0.1, 0.15) is 0 Å². The van der Waals surface area contributed by atoms with Crippen molar-refractivity contribution in [2.24, 2.45) is 5.92 Å². The van der Waals surface area contributed by atoms with Gasteiger partial charge in [-0.3, -0.25) is 4.79 Å². The molecule has 142 valence electrons. The van der Waals surface area contributed by atoms with Gasteiger partial charge in [0.15, 0.2) is 17.3 Å². The average Bonchev–Trinajstić information content (AvgIpc) is 3.41. The van der Waals surface area contributed by atoms with Crippen LogP contribution in [-0.2, 0) is 19.3 Å². The number of hydrogen-bond donors (Lipinski definition) is 0. The van der Waals surface area contributed by atoms with Gasteiger partial charge in [-0.05, 0) is 66.8 Å². The van der Waals surface area contributed by atoms with Gasteiger partial charge in [0, 0.05) is 12.0 Å². The Morgan fingerprint density at radius 3 is 2.67 bits per heavy atom. The smallest absolute Gasteiger partial charge is 0.387 e. The Balaban J connectivity index is 1.49. The van der Waals surface area contributed by atoms with Crippen molar-refractivity contribution in [1.82, 2.24) is 0 Å². The predicted octanol–water partition coefficient (Wildman–Crippen LogP) is 4.99. The Bertz CT molecular complexity index is 843. The van der Waals surface area contributed by atoms with Gasteiger partial charge in [0.25, 0.3) is 0 Å². The summed E-state index contributed by atoms with van der Waals surface area (Å²) in [5.74, 6) is 1.18. The molecule has 0 amide bonds. The summed E-state index contributed by atoms with van der Waals surface area (Å²) in [5.41, 5.74) is 4.04. The number of ketones is 1. The molecule has 2 aromatic rings. The van der Waals surface area contributed by atoms with Gasteiger partial charge < -0.3 is 9.47 Å². The lowest BCUT2D eigenvalue weighted by Crippen LogP contribution is -2.07. The number of Topliss-reactive ketones (excluding diaryl/α,β-unsaturated/α-hetero) is 1. The molecule has 0 saturated heterocycles. The molecule has 0 radical (unpaired) electrons. The van der Waals surface area contributed by atoms with E-state index in [0.717, 1.165) is 47.9 Å². The minimum absolute atomic E-state index is 0.0742. The molecular weight excluding hydrogens is 350 g/mol. The standard InChI is InChI=1S/C22H22F2O3/c23-22(24)27-19-11-7-14(12-20(19)26-13-15-4-5-15)6-8-16-2-1-3-17-9-10-18(25)21(16)17/h1-3,7,11-12,15,22H,4-6,8-10,13H2. The minimum Gasteiger partial charge on any atom is -0.489 e. The molecule has 0 aliphatic heterocycles. The lowest BCUT2D eigenvalue weighted by atomic mass is 9.97. The van der Waals surface area contributed by atoms with Crippen LogP contribution in [0.5, 0.6) is 11.5 Å². The fraction of sp³-hybridized carbons (Fsp3) is 0.409. The molecule has 0 unspecified atom stereocenters. The topological polar surface area (TPSA) is 35.5 Å². The first-order valence-electron chi connectivity index (χ1n) is 9.44. The van der Waals surface area contributed by atoms with Gasteiger partial charge in [-0.15, -0.1) is 0 Å². The molecule has 27 heavy (non-hydrogen) atoms. The SMILES string of the molecule is O=C1CCc2cccc(CCc3ccc(OC(F)F)c(OCC4CC4)c3)c21. The minimum atomic E-state index is -2.88. The second kappa shape index (κ2) is 7.67. The zero-order valence-electron chi connectivity index (χ0n) is 15.0. The maximum absolute atomic E-state index is 12.6. The number of fused-ring (bicyclic) bond motifs is 1. The van der Waals surface area contributed by atoms with E-state index in [9.17, 15) is 13.6 Å². The van der Waals surface area contributed by atoms with Gasteiger partial charge in [-0.2, -0.15) is 8.78 Å². The molecule has 3 nitrogen and oxygen atoms in total. The van der Waals surface area contributed by atoms with Crippen LogP contribution in [0.15, 0.2) is 36.4 Å². The third-order valence-electron chi connectivity index (χ3n) is 5.22. The summed E-state index contributed by atoms with van der Waals surface area (Å²) in [5, 5.41) is 0. The largest absolute Gasteiger partial charge is 0.489 e. The Hall–Kier alpha value is -2.43. The number of halogens is 2. The van der Waals surface area contributed by atoms with Gasteiger partial charge in [0.05, 0.1) is 6.61 Å². The fourth-order valence-corrected chi connectivity index (χ4v) is 3.59. The molecule has 2 aromatic carbocycles. The number of hydrogen-bond acceptors (Lipinski definition) is 3. The number of aryl methyl sites for hydroxylation is 3. The number of rotatable bonds is 8. The van der Waals surface area contributed by atoms with E-state index in [0.29, 0.717) is 31.1 Å². The Morgan fingerprint density at radius 1 is 1.04 bits per heavy atom. The second-order valence-corrected chi connectivity index (χ2v) is 7.29. The lowest BCUT2D eigenvalue weighted by Gasteiger charge is -2.14. The summed E-state index contributed by atoms with van der Waals surface area (Å²) < 4.78 is 35.6. The zero-order chi connectivity index (χ0) is 18.8. The Labute approximate surface area is 157 Å². The van der Waals surface area contributed by atoms with E-state index in [2.05, 4.69) is 4.74 Å². The van der Waals surface area contributed by atoms with E-state index in [1.807, 2.05) is 18.2 Å². The van der Waals surface area contributed by atoms with Crippen molar-refractivity contribution in [2.75, 3.05) is 6.61 Å². The van der Waals surface area contributed by atoms with Crippen LogP contribution >= 0.6 is 0 Å². The van der Waals surface area contributed by atoms with E-state index >= 15 is 0 Å². The normalized spacial score (nSPS) is 15.9. The van der Waals surface area contributed by atoms with Crippen molar-refractivity contribution < 1.29 is 23.0 Å². The molecule has 0 heterocycles. The molecule has 1 saturated carbocycles. The monoisotopic (exact) mass is 372 g/mol. The van der Waals surface area contributed by atoms with E-state index < -0.39 is 6.61 Å². The van der Waals surface area contributed by atoms with Crippen molar-refractivity contribution in [3.05, 3.63) is 58.7 Å². The summed E-state index contributed by atoms with van der Waals surface area (Å²) in [7, 11) is 0. The summed E-state index contributed by atoms with van der Waals surface area (Å²) in [6.07, 6.45) is 5.09. The van der Waals surface area contributed by atoms with Crippen LogP contribution in [0.3, 0.4) is 0 Å². The number of carbonyl (C=O) groups excluding carboxylic acids is 1. The van der Waals surface area contributed by atoms with Crippen LogP contribution in [-0.4, -0.2) is 19.0 Å². The Kier molecular flexibility index (Phi) is 5.10. The van der Waals surface area contributed by atoms with Crippen LogP contribution in [0, 0.1) is 5.92 Å². The highest BCUT2D eigenvalue weighted by molar-refractivity contribution is 6.01. The number of ether oxygens (including phenoxy) is 2. The van der Waals surface area contributed by atoms with Crippen LogP contribution in [0.2, 0.25) is 0 Å². The third-order valence-corrected chi connectivity index (χ3v) is 5.22. The van der Waals surface area contributed by atoms with Crippen molar-refractivity contribution in [3.8, 4) is 11.5 Å². The number of carbonyl (C=O) groups is 1. The summed E-state index contributed by atoms with van der Waals surface area (Å²) in [4.78, 5) is 12.1. The lowest BCUT2D eigenvalue weighted by molar-refractivity contribution is -0.0515. The molecule has 0 N–H and O–H groups in total. The number of alkyl halides is 2. The van der Waals surface area contributed by atoms with Crippen LogP contribution in [0.25, 0.3) is 0 Å². The molecular formula is C22H22F2O3. The van der Waals surface area contributed by atoms with Gasteiger partial charge >= 0.3 is 6.61 Å². The first-order chi connectivity index (χ1) is 13.1. The van der Waals surface area contributed by atoms with Crippen LogP contribution in [0.1, 0.15) is 46.3 Å². The summed E-state index contributed by atoms with van der Waals surface area (Å²) in [6, 6.07) is 11.1. The molecule has 0 atom stereocenters. The van der Waals surface area contributed by atoms with Gasteiger partial charge in [-0.25, -0.2) is 0 Å². The first-order valence-corrected chi connectivity index (χ1v) is 9.44. The molecule has 2 aliphatic rings. The van der Waals surface area contributed by atoms with Crippen molar-refractivity contribution in [1.29, 1.82) is 0 Å². The second-order valence-electron chi connectivity index (χ2n) is 7.29. The molecule has 0 spiro atoms. The van der Waals surface area contributed by atoms with E-state index in [1.165, 1.54) is 0 Å². The predicted molar refractivity (Wildman–Crippen MR) is 97.8 cm³/mol. The summed E-state index contributed by atoms with van der Waals surface area (Å²) in [6.45, 7) is -2.35.